The summed E-state index contributed by atoms with van der Waals surface area (Å²) in [5.74, 6) is -0.470. The van der Waals surface area contributed by atoms with E-state index in [2.05, 4.69) is 25.6 Å². The van der Waals surface area contributed by atoms with Crippen LogP contribution in [0.3, 0.4) is 0 Å². The Bertz CT molecular complexity index is 1510. The maximum Gasteiger partial charge on any atom is 0.251 e. The largest absolute Gasteiger partial charge is 0.347 e. The number of carbonyl (C=O) groups is 2. The minimum Gasteiger partial charge on any atom is -0.347 e. The van der Waals surface area contributed by atoms with E-state index in [0.717, 1.165) is 27.3 Å². The fourth-order valence-corrected chi connectivity index (χ4v) is 4.79. The first-order valence-corrected chi connectivity index (χ1v) is 12.4. The lowest BCUT2D eigenvalue weighted by Crippen LogP contribution is -2.23. The first-order valence-electron chi connectivity index (χ1n) is 11.5. The van der Waals surface area contributed by atoms with E-state index in [1.54, 1.807) is 30.2 Å². The van der Waals surface area contributed by atoms with E-state index in [-0.39, 0.29) is 11.8 Å². The smallest absolute Gasteiger partial charge is 0.251 e. The number of rotatable bonds is 8. The number of anilines is 1. The Hall–Kier alpha value is -4.37. The van der Waals surface area contributed by atoms with Crippen LogP contribution in [0.25, 0.3) is 22.3 Å². The molecule has 0 aliphatic heterocycles. The second kappa shape index (κ2) is 10.5. The van der Waals surface area contributed by atoms with Crippen molar-refractivity contribution in [3.05, 3.63) is 94.8 Å². The molecule has 5 rings (SSSR count). The van der Waals surface area contributed by atoms with E-state index < -0.39 is 0 Å². The molecule has 2 amide bonds. The van der Waals surface area contributed by atoms with Crippen molar-refractivity contribution < 1.29 is 9.59 Å². The van der Waals surface area contributed by atoms with E-state index in [1.165, 1.54) is 18.3 Å². The monoisotopic (exact) mass is 496 g/mol. The van der Waals surface area contributed by atoms with Gasteiger partial charge in [-0.15, -0.1) is 11.3 Å². The molecule has 0 unspecified atom stereocenters. The molecule has 0 aliphatic rings. The predicted octanol–water partition coefficient (Wildman–Crippen LogP) is 4.69. The molecule has 0 spiro atoms. The average molecular weight is 497 g/mol. The van der Waals surface area contributed by atoms with Gasteiger partial charge in [0.25, 0.3) is 5.91 Å². The molecule has 2 N–H and O–H groups in total. The SMILES string of the molecule is CC(=O)Nc1cc(C(=O)NCc2scnc2-c2ccccc2)cc2ncn(CCc3ccccn3)c12. The van der Waals surface area contributed by atoms with Crippen molar-refractivity contribution in [3.63, 3.8) is 0 Å². The van der Waals surface area contributed by atoms with Crippen LogP contribution in [0.4, 0.5) is 5.69 Å². The van der Waals surface area contributed by atoms with Gasteiger partial charge in [0.1, 0.15) is 0 Å². The number of nitrogens with one attached hydrogen (secondary N) is 2. The van der Waals surface area contributed by atoms with E-state index in [1.807, 2.05) is 53.1 Å². The lowest BCUT2D eigenvalue weighted by atomic mass is 10.1. The van der Waals surface area contributed by atoms with Crippen LogP contribution in [-0.2, 0) is 24.3 Å². The fourth-order valence-electron chi connectivity index (χ4n) is 4.07. The van der Waals surface area contributed by atoms with Gasteiger partial charge in [-0.3, -0.25) is 14.6 Å². The zero-order chi connectivity index (χ0) is 24.9. The Kier molecular flexibility index (Phi) is 6.81. The third kappa shape index (κ3) is 5.16. The molecular formula is C27H24N6O2S. The number of nitrogens with zero attached hydrogens (tertiary/aromatic N) is 4. The molecule has 0 radical (unpaired) electrons. The van der Waals surface area contributed by atoms with Gasteiger partial charge >= 0.3 is 0 Å². The summed E-state index contributed by atoms with van der Waals surface area (Å²) in [5, 5.41) is 5.85. The maximum absolute atomic E-state index is 13.1. The zero-order valence-corrected chi connectivity index (χ0v) is 20.5. The summed E-state index contributed by atoms with van der Waals surface area (Å²) in [5.41, 5.74) is 6.99. The van der Waals surface area contributed by atoms with E-state index >= 15 is 0 Å². The Morgan fingerprint density at radius 3 is 2.61 bits per heavy atom. The van der Waals surface area contributed by atoms with Crippen molar-refractivity contribution in [3.8, 4) is 11.3 Å². The minimum absolute atomic E-state index is 0.219. The zero-order valence-electron chi connectivity index (χ0n) is 19.6. The number of amides is 2. The number of carbonyl (C=O) groups excluding carboxylic acids is 2. The van der Waals surface area contributed by atoms with Crippen LogP contribution in [0.5, 0.6) is 0 Å². The summed E-state index contributed by atoms with van der Waals surface area (Å²) in [7, 11) is 0. The second-order valence-corrected chi connectivity index (χ2v) is 9.19. The Morgan fingerprint density at radius 1 is 1.00 bits per heavy atom. The normalized spacial score (nSPS) is 10.9. The number of aryl methyl sites for hydroxylation is 2. The number of thiazole rings is 1. The van der Waals surface area contributed by atoms with Crippen LogP contribution in [0, 0.1) is 0 Å². The summed E-state index contributed by atoms with van der Waals surface area (Å²) >= 11 is 1.50. The molecule has 0 fully saturated rings. The van der Waals surface area contributed by atoms with Crippen molar-refractivity contribution >= 4 is 39.9 Å². The summed E-state index contributed by atoms with van der Waals surface area (Å²) in [6, 6.07) is 19.1. The van der Waals surface area contributed by atoms with Crippen LogP contribution >= 0.6 is 11.3 Å². The van der Waals surface area contributed by atoms with Gasteiger partial charge in [0.05, 0.1) is 45.7 Å². The molecular weight excluding hydrogens is 472 g/mol. The van der Waals surface area contributed by atoms with Crippen molar-refractivity contribution in [2.45, 2.75) is 26.4 Å². The highest BCUT2D eigenvalue weighted by Gasteiger charge is 2.17. The van der Waals surface area contributed by atoms with Gasteiger partial charge in [-0.2, -0.15) is 0 Å². The van der Waals surface area contributed by atoms with Gasteiger partial charge in [-0.25, -0.2) is 9.97 Å². The van der Waals surface area contributed by atoms with Crippen molar-refractivity contribution in [2.24, 2.45) is 0 Å². The lowest BCUT2D eigenvalue weighted by molar-refractivity contribution is -0.114. The van der Waals surface area contributed by atoms with Crippen LogP contribution in [0.1, 0.15) is 27.9 Å². The fraction of sp³-hybridized carbons (Fsp3) is 0.148. The number of fused-ring (bicyclic) bond motifs is 1. The molecule has 0 atom stereocenters. The summed E-state index contributed by atoms with van der Waals surface area (Å²) in [6.07, 6.45) is 4.21. The molecule has 3 aromatic heterocycles. The highest BCUT2D eigenvalue weighted by atomic mass is 32.1. The molecule has 180 valence electrons. The maximum atomic E-state index is 13.1. The van der Waals surface area contributed by atoms with Gasteiger partial charge in [0, 0.05) is 42.9 Å². The first kappa shape index (κ1) is 23.4. The molecule has 0 aliphatic carbocycles. The Labute approximate surface area is 212 Å². The quantitative estimate of drug-likeness (QED) is 0.325. The van der Waals surface area contributed by atoms with Gasteiger partial charge in [-0.1, -0.05) is 36.4 Å². The molecule has 8 nitrogen and oxygen atoms in total. The lowest BCUT2D eigenvalue weighted by Gasteiger charge is -2.12. The van der Waals surface area contributed by atoms with E-state index in [4.69, 9.17) is 0 Å². The molecule has 3 heterocycles. The summed E-state index contributed by atoms with van der Waals surface area (Å²) in [6.45, 7) is 2.43. The highest BCUT2D eigenvalue weighted by Crippen LogP contribution is 2.27. The molecule has 0 saturated carbocycles. The molecule has 0 saturated heterocycles. The Morgan fingerprint density at radius 2 is 1.83 bits per heavy atom. The van der Waals surface area contributed by atoms with Gasteiger partial charge in [-0.05, 0) is 24.3 Å². The number of hydrogen-bond donors (Lipinski definition) is 2. The van der Waals surface area contributed by atoms with Crippen LogP contribution < -0.4 is 10.6 Å². The molecule has 2 aromatic carbocycles. The van der Waals surface area contributed by atoms with E-state index in [9.17, 15) is 9.59 Å². The van der Waals surface area contributed by atoms with Crippen molar-refractivity contribution in [1.82, 2.24) is 24.8 Å². The number of hydrogen-bond acceptors (Lipinski definition) is 6. The number of pyridine rings is 1. The van der Waals surface area contributed by atoms with Gasteiger partial charge in [0.2, 0.25) is 5.91 Å². The number of benzene rings is 2. The number of aromatic nitrogens is 4. The minimum atomic E-state index is -0.251. The van der Waals surface area contributed by atoms with Crippen LogP contribution in [0.2, 0.25) is 0 Å². The number of imidazole rings is 1. The van der Waals surface area contributed by atoms with Gasteiger partial charge in [0.15, 0.2) is 0 Å². The third-order valence-corrected chi connectivity index (χ3v) is 6.55. The molecule has 0 bridgehead atoms. The predicted molar refractivity (Wildman–Crippen MR) is 141 cm³/mol. The third-order valence-electron chi connectivity index (χ3n) is 5.72. The molecule has 9 heteroatoms. The molecule has 36 heavy (non-hydrogen) atoms. The van der Waals surface area contributed by atoms with Crippen LogP contribution in [-0.4, -0.2) is 31.3 Å². The van der Waals surface area contributed by atoms with Crippen molar-refractivity contribution in [2.75, 3.05) is 5.32 Å². The summed E-state index contributed by atoms with van der Waals surface area (Å²) < 4.78 is 1.97. The standard InChI is InChI=1S/C27H24N6O2S/c1-18(34)32-23-14-20(13-22-26(23)33(16-30-22)12-10-21-9-5-6-11-28-21)27(35)29-15-24-25(31-17-36-24)19-7-3-2-4-8-19/h2-9,11,13-14,16-17H,10,12,15H2,1H3,(H,29,35)(H,32,34). The van der Waals surface area contributed by atoms with Crippen molar-refractivity contribution in [1.29, 1.82) is 0 Å². The molecule has 5 aromatic rings. The highest BCUT2D eigenvalue weighted by molar-refractivity contribution is 7.10. The second-order valence-electron chi connectivity index (χ2n) is 8.25. The topological polar surface area (TPSA) is 102 Å². The Balaban J connectivity index is 1.37. The summed E-state index contributed by atoms with van der Waals surface area (Å²) in [4.78, 5) is 39.4. The first-order chi connectivity index (χ1) is 17.6. The average Bonchev–Trinajstić information content (AvgIpc) is 3.54. The van der Waals surface area contributed by atoms with Crippen LogP contribution in [0.15, 0.2) is 78.7 Å². The van der Waals surface area contributed by atoms with E-state index in [0.29, 0.717) is 36.3 Å². The van der Waals surface area contributed by atoms with Gasteiger partial charge < -0.3 is 15.2 Å².